The Labute approximate surface area is 369 Å². The Balaban J connectivity index is 0.000000925. The first-order valence-corrected chi connectivity index (χ1v) is 22.8. The second-order valence-electron chi connectivity index (χ2n) is 15.7. The number of allylic oxidation sites excluding steroid dienone is 13. The number of nitrogens with zero attached hydrogens (tertiary/aromatic N) is 2. The van der Waals surface area contributed by atoms with Crippen molar-refractivity contribution >= 4 is 45.7 Å². The second kappa shape index (κ2) is 19.4. The van der Waals surface area contributed by atoms with Crippen LogP contribution < -0.4 is 16.2 Å². The van der Waals surface area contributed by atoms with Gasteiger partial charge in [0.1, 0.15) is 5.75 Å². The second-order valence-corrected chi connectivity index (χ2v) is 15.7. The van der Waals surface area contributed by atoms with E-state index in [2.05, 4.69) is 121 Å². The fourth-order valence-corrected chi connectivity index (χ4v) is 8.94. The van der Waals surface area contributed by atoms with Gasteiger partial charge in [-0.15, -0.1) is 0 Å². The fraction of sp³-hybridized carbons (Fsp3) is 0.263. The van der Waals surface area contributed by atoms with Crippen molar-refractivity contribution in [3.05, 3.63) is 185 Å². The minimum atomic E-state index is 0.540. The van der Waals surface area contributed by atoms with Gasteiger partial charge in [0.05, 0.1) is 22.6 Å². The van der Waals surface area contributed by atoms with Crippen molar-refractivity contribution in [2.45, 2.75) is 80.1 Å². The van der Waals surface area contributed by atoms with E-state index >= 15 is 0 Å². The van der Waals surface area contributed by atoms with E-state index in [9.17, 15) is 0 Å². The van der Waals surface area contributed by atoms with E-state index in [1.54, 1.807) is 12.3 Å². The van der Waals surface area contributed by atoms with Gasteiger partial charge in [-0.2, -0.15) is 0 Å². The lowest BCUT2D eigenvalue weighted by molar-refractivity contribution is 0.441. The first kappa shape index (κ1) is 43.5. The largest absolute Gasteiger partial charge is 0.448 e. The van der Waals surface area contributed by atoms with Crippen LogP contribution in [0.15, 0.2) is 156 Å². The standard InChI is InChI=1S/C51H44N4O.3C2H6/c1-31(11-8-10-20-53)42-29-50-43(24-33(42)12-5-3-4-9-19-52)37-23-39(56-50)21-32(2)49(28-37)55-47-17-15-34(26-45(47)51-44-25-35(44)16-18-48(51)55)40-13-6-7-14-41(40)46-27-36-22-38(36)30-54-46;3*1-2/h3-4,6-11,13-21,24,26-30,35-36,38,44H,1,5,12,22,25,52-53H2,2H3;3*1-2H3/b4-3-,11-8-,19-9-,20-10-;;;. The fourth-order valence-electron chi connectivity index (χ4n) is 8.94. The van der Waals surface area contributed by atoms with Crippen molar-refractivity contribution in [1.82, 2.24) is 4.57 Å². The summed E-state index contributed by atoms with van der Waals surface area (Å²) in [6.45, 7) is 18.6. The van der Waals surface area contributed by atoms with Gasteiger partial charge in [0.2, 0.25) is 0 Å². The van der Waals surface area contributed by atoms with Crippen molar-refractivity contribution in [2.75, 3.05) is 0 Å². The molecule has 2 saturated carbocycles. The highest BCUT2D eigenvalue weighted by Crippen LogP contribution is 2.57. The number of aliphatic imine (C=N–C) groups is 1. The first-order valence-electron chi connectivity index (χ1n) is 22.8. The molecular formula is C57H62N4O. The maximum atomic E-state index is 6.61. The van der Waals surface area contributed by atoms with Gasteiger partial charge < -0.3 is 20.8 Å². The van der Waals surface area contributed by atoms with E-state index in [0.29, 0.717) is 29.4 Å². The summed E-state index contributed by atoms with van der Waals surface area (Å²) in [5.74, 6) is 3.93. The summed E-state index contributed by atoms with van der Waals surface area (Å²) in [5.41, 5.74) is 31.0. The van der Waals surface area contributed by atoms with E-state index < -0.39 is 0 Å². The maximum absolute atomic E-state index is 6.61. The van der Waals surface area contributed by atoms with Crippen LogP contribution in [0.3, 0.4) is 0 Å². The van der Waals surface area contributed by atoms with Gasteiger partial charge in [-0.05, 0) is 156 Å². The molecule has 4 atom stereocenters. The van der Waals surface area contributed by atoms with E-state index in [-0.39, 0.29) is 0 Å². The third-order valence-electron chi connectivity index (χ3n) is 12.0. The molecule has 6 aliphatic rings. The minimum Gasteiger partial charge on any atom is -0.448 e. The lowest BCUT2D eigenvalue weighted by atomic mass is 9.91. The number of hydrogen-bond donors (Lipinski definition) is 2. The van der Waals surface area contributed by atoms with Crippen LogP contribution in [0.5, 0.6) is 5.75 Å². The number of fused-ring (bicyclic) bond motifs is 8. The zero-order chi connectivity index (χ0) is 43.9. The van der Waals surface area contributed by atoms with Gasteiger partial charge in [-0.3, -0.25) is 4.99 Å². The molecule has 0 radical (unpaired) electrons. The summed E-state index contributed by atoms with van der Waals surface area (Å²) >= 11 is 0. The van der Waals surface area contributed by atoms with Crippen molar-refractivity contribution in [3.8, 4) is 16.9 Å². The Morgan fingerprint density at radius 3 is 2.42 bits per heavy atom. The zero-order valence-corrected chi connectivity index (χ0v) is 37.6. The summed E-state index contributed by atoms with van der Waals surface area (Å²) in [4.78, 5) is 4.91. The highest BCUT2D eigenvalue weighted by atomic mass is 16.5. The Kier molecular flexibility index (Phi) is 13.7. The molecule has 4 aromatic rings. The van der Waals surface area contributed by atoms with Crippen LogP contribution in [-0.4, -0.2) is 10.8 Å². The van der Waals surface area contributed by atoms with Gasteiger partial charge in [0.15, 0.2) is 5.76 Å². The van der Waals surface area contributed by atoms with Crippen LogP contribution >= 0.6 is 0 Å². The molecule has 2 fully saturated rings. The third kappa shape index (κ3) is 8.51. The lowest BCUT2D eigenvalue weighted by Crippen LogP contribution is -2.04. The maximum Gasteiger partial charge on any atom is 0.170 e. The zero-order valence-electron chi connectivity index (χ0n) is 37.6. The quantitative estimate of drug-likeness (QED) is 0.124. The average Bonchev–Trinajstić information content (AvgIpc) is 4.25. The van der Waals surface area contributed by atoms with Crippen molar-refractivity contribution in [1.29, 1.82) is 0 Å². The predicted octanol–water partition coefficient (Wildman–Crippen LogP) is 14.3. The van der Waals surface area contributed by atoms with Crippen LogP contribution in [0, 0.1) is 17.8 Å². The minimum absolute atomic E-state index is 0.540. The number of hydrogen-bond acceptors (Lipinski definition) is 4. The molecule has 2 bridgehead atoms. The van der Waals surface area contributed by atoms with Gasteiger partial charge in [0, 0.05) is 34.2 Å². The summed E-state index contributed by atoms with van der Waals surface area (Å²) in [5, 5.41) is 1.33. The molecule has 316 valence electrons. The SMILES string of the molecule is C=C(/C=C\C=C/N)c1cc2c(cc1CC/C=C\C=C/N)C1=C=C(C=C(C)C(n3c4c(c5cc(-c6ccccc6C6=CC7CC7C=N6)ccc53)C3CC3C=C4)=C1)O2.CC.CC.CC. The van der Waals surface area contributed by atoms with Gasteiger partial charge >= 0.3 is 0 Å². The third-order valence-corrected chi connectivity index (χ3v) is 12.0. The Morgan fingerprint density at radius 1 is 0.871 bits per heavy atom. The molecule has 0 saturated heterocycles. The van der Waals surface area contributed by atoms with E-state index in [1.165, 1.54) is 63.5 Å². The van der Waals surface area contributed by atoms with Crippen molar-refractivity contribution < 1.29 is 4.74 Å². The number of aryl methyl sites for hydroxylation is 1. The molecule has 0 amide bonds. The molecule has 4 unspecified atom stereocenters. The van der Waals surface area contributed by atoms with Crippen LogP contribution in [0.2, 0.25) is 0 Å². The molecule has 2 aliphatic heterocycles. The summed E-state index contributed by atoms with van der Waals surface area (Å²) in [6.07, 6.45) is 32.6. The summed E-state index contributed by atoms with van der Waals surface area (Å²) < 4.78 is 9.09. The van der Waals surface area contributed by atoms with Crippen LogP contribution in [-0.2, 0) is 6.42 Å². The molecule has 1 aromatic heterocycles. The molecule has 3 heterocycles. The number of ether oxygens (including phenoxy) is 1. The first-order chi connectivity index (χ1) is 30.5. The molecule has 5 heteroatoms. The Bertz CT molecular complexity index is 2730. The van der Waals surface area contributed by atoms with Gasteiger partial charge in [-0.1, -0.05) is 121 Å². The van der Waals surface area contributed by atoms with E-state index in [0.717, 1.165) is 57.8 Å². The highest BCUT2D eigenvalue weighted by Gasteiger charge is 2.43. The van der Waals surface area contributed by atoms with Gasteiger partial charge in [-0.25, -0.2) is 0 Å². The number of aromatic nitrogens is 1. The van der Waals surface area contributed by atoms with E-state index in [1.807, 2.05) is 65.8 Å². The smallest absolute Gasteiger partial charge is 0.170 e. The van der Waals surface area contributed by atoms with Crippen molar-refractivity contribution in [2.24, 2.45) is 34.2 Å². The molecule has 5 nitrogen and oxygen atoms in total. The molecule has 10 rings (SSSR count). The summed E-state index contributed by atoms with van der Waals surface area (Å²) in [7, 11) is 0. The van der Waals surface area contributed by atoms with Gasteiger partial charge in [0.25, 0.3) is 0 Å². The number of benzene rings is 3. The molecule has 3 aromatic carbocycles. The van der Waals surface area contributed by atoms with Crippen LogP contribution in [0.4, 0.5) is 0 Å². The monoisotopic (exact) mass is 818 g/mol. The number of rotatable bonds is 10. The van der Waals surface area contributed by atoms with Crippen molar-refractivity contribution in [3.63, 3.8) is 0 Å². The van der Waals surface area contributed by atoms with Crippen LogP contribution in [0.1, 0.15) is 107 Å². The van der Waals surface area contributed by atoms with Crippen LogP contribution in [0.25, 0.3) is 50.6 Å². The predicted molar refractivity (Wildman–Crippen MR) is 267 cm³/mol. The Morgan fingerprint density at radius 2 is 1.65 bits per heavy atom. The lowest BCUT2D eigenvalue weighted by Gasteiger charge is -2.19. The average molecular weight is 819 g/mol. The summed E-state index contributed by atoms with van der Waals surface area (Å²) in [6, 6.07) is 20.2. The molecule has 62 heavy (non-hydrogen) atoms. The highest BCUT2D eigenvalue weighted by molar-refractivity contribution is 6.00. The topological polar surface area (TPSA) is 78.6 Å². The molecule has 4 aliphatic carbocycles. The molecule has 0 spiro atoms. The molecular weight excluding hydrogens is 757 g/mol. The van der Waals surface area contributed by atoms with E-state index in [4.69, 9.17) is 21.2 Å². The molecule has 4 N–H and O–H groups in total. The number of nitrogens with two attached hydrogens (primary N) is 2. The Hall–Kier alpha value is -6.55. The normalized spacial score (nSPS) is 20.7.